The predicted octanol–water partition coefficient (Wildman–Crippen LogP) is 4.02. The van der Waals surface area contributed by atoms with Gasteiger partial charge in [0.1, 0.15) is 10.5 Å². The van der Waals surface area contributed by atoms with Crippen LogP contribution in [-0.4, -0.2) is 58.8 Å². The molecule has 0 atom stereocenters. The minimum atomic E-state index is -0.891. The summed E-state index contributed by atoms with van der Waals surface area (Å²) in [5, 5.41) is 10.3. The first-order chi connectivity index (χ1) is 13.2. The van der Waals surface area contributed by atoms with E-state index in [1.165, 1.54) is 37.0 Å². The molecule has 2 fully saturated rings. The Bertz CT molecular complexity index is 699. The van der Waals surface area contributed by atoms with Crippen molar-refractivity contribution < 1.29 is 19.4 Å². The van der Waals surface area contributed by atoms with Crippen LogP contribution in [0.1, 0.15) is 68.2 Å². The van der Waals surface area contributed by atoms with Crippen molar-refractivity contribution in [2.75, 3.05) is 31.1 Å². The van der Waals surface area contributed by atoms with Gasteiger partial charge in [0, 0.05) is 26.2 Å². The van der Waals surface area contributed by atoms with Crippen molar-refractivity contribution in [3.05, 3.63) is 10.6 Å². The van der Waals surface area contributed by atoms with Gasteiger partial charge in [-0.1, -0.05) is 37.0 Å². The molecule has 1 amide bonds. The fraction of sp³-hybridized carbons (Fsp3) is 0.750. The lowest BCUT2D eigenvalue weighted by Gasteiger charge is -2.35. The Kier molecular flexibility index (Phi) is 6.47. The van der Waals surface area contributed by atoms with Crippen LogP contribution in [0.2, 0.25) is 0 Å². The number of hydrogen-bond donors (Lipinski definition) is 1. The van der Waals surface area contributed by atoms with Crippen LogP contribution in [0.15, 0.2) is 0 Å². The number of carbonyl (C=O) groups is 2. The van der Waals surface area contributed by atoms with E-state index in [0.29, 0.717) is 42.7 Å². The van der Waals surface area contributed by atoms with Gasteiger partial charge in [0.05, 0.1) is 5.69 Å². The zero-order valence-corrected chi connectivity index (χ0v) is 17.9. The van der Waals surface area contributed by atoms with E-state index in [-0.39, 0.29) is 6.09 Å². The van der Waals surface area contributed by atoms with E-state index in [4.69, 9.17) is 4.74 Å². The molecule has 1 aromatic heterocycles. The fourth-order valence-corrected chi connectivity index (χ4v) is 4.86. The SMILES string of the molecule is CC(C)(C)OC(=O)N1CCN(c2nc(CCC3CCCC3)c(C(=O)O)s2)CC1. The third kappa shape index (κ3) is 5.37. The van der Waals surface area contributed by atoms with Crippen molar-refractivity contribution in [2.24, 2.45) is 5.92 Å². The monoisotopic (exact) mass is 409 g/mol. The second-order valence-corrected chi connectivity index (χ2v) is 9.70. The van der Waals surface area contributed by atoms with E-state index in [1.54, 1.807) is 4.90 Å². The molecule has 1 saturated heterocycles. The molecule has 28 heavy (non-hydrogen) atoms. The van der Waals surface area contributed by atoms with E-state index >= 15 is 0 Å². The number of aryl methyl sites for hydroxylation is 1. The van der Waals surface area contributed by atoms with Crippen LogP contribution in [0.4, 0.5) is 9.93 Å². The average molecular weight is 410 g/mol. The van der Waals surface area contributed by atoms with E-state index in [9.17, 15) is 14.7 Å². The summed E-state index contributed by atoms with van der Waals surface area (Å²) in [7, 11) is 0. The number of hydrogen-bond acceptors (Lipinski definition) is 6. The molecular formula is C20H31N3O4S. The summed E-state index contributed by atoms with van der Waals surface area (Å²) in [4.78, 5) is 32.7. The number of rotatable bonds is 5. The molecule has 1 N–H and O–H groups in total. The van der Waals surface area contributed by atoms with Crippen LogP contribution in [0.25, 0.3) is 0 Å². The molecule has 0 bridgehead atoms. The lowest BCUT2D eigenvalue weighted by molar-refractivity contribution is 0.0240. The van der Waals surface area contributed by atoms with Gasteiger partial charge in [-0.05, 0) is 39.5 Å². The molecule has 2 heterocycles. The number of aromatic nitrogens is 1. The van der Waals surface area contributed by atoms with Crippen molar-refractivity contribution in [1.29, 1.82) is 0 Å². The maximum atomic E-state index is 12.2. The van der Waals surface area contributed by atoms with Crippen LogP contribution in [0.5, 0.6) is 0 Å². The quantitative estimate of drug-likeness (QED) is 0.791. The Balaban J connectivity index is 1.60. The average Bonchev–Trinajstić information content (AvgIpc) is 3.28. The Morgan fingerprint density at radius 3 is 2.39 bits per heavy atom. The summed E-state index contributed by atoms with van der Waals surface area (Å²) in [6, 6.07) is 0. The number of carboxylic acid groups (broad SMARTS) is 1. The minimum Gasteiger partial charge on any atom is -0.477 e. The number of anilines is 1. The van der Waals surface area contributed by atoms with Gasteiger partial charge in [-0.3, -0.25) is 0 Å². The molecule has 3 rings (SSSR count). The van der Waals surface area contributed by atoms with Gasteiger partial charge in [-0.25, -0.2) is 14.6 Å². The molecule has 156 valence electrons. The molecule has 0 aromatic carbocycles. The second-order valence-electron chi connectivity index (χ2n) is 8.72. The number of carboxylic acids is 1. The molecule has 0 unspecified atom stereocenters. The van der Waals surface area contributed by atoms with Crippen LogP contribution in [0, 0.1) is 5.92 Å². The maximum absolute atomic E-state index is 12.2. The van der Waals surface area contributed by atoms with Crippen molar-refractivity contribution >= 4 is 28.5 Å². The van der Waals surface area contributed by atoms with Crippen LogP contribution in [0.3, 0.4) is 0 Å². The molecule has 1 aliphatic heterocycles. The largest absolute Gasteiger partial charge is 0.477 e. The third-order valence-corrected chi connectivity index (χ3v) is 6.49. The maximum Gasteiger partial charge on any atom is 0.410 e. The summed E-state index contributed by atoms with van der Waals surface area (Å²) in [5.74, 6) is -0.179. The Hall–Kier alpha value is -1.83. The zero-order valence-electron chi connectivity index (χ0n) is 17.1. The highest BCUT2D eigenvalue weighted by atomic mass is 32.1. The number of ether oxygens (including phenoxy) is 1. The summed E-state index contributed by atoms with van der Waals surface area (Å²) < 4.78 is 5.43. The van der Waals surface area contributed by atoms with E-state index in [2.05, 4.69) is 9.88 Å². The number of amides is 1. The first-order valence-corrected chi connectivity index (χ1v) is 11.0. The van der Waals surface area contributed by atoms with E-state index < -0.39 is 11.6 Å². The highest BCUT2D eigenvalue weighted by Gasteiger charge is 2.28. The number of piperazine rings is 1. The first-order valence-electron chi connectivity index (χ1n) is 10.2. The van der Waals surface area contributed by atoms with Gasteiger partial charge < -0.3 is 19.6 Å². The first kappa shape index (κ1) is 20.9. The molecule has 1 saturated carbocycles. The summed E-state index contributed by atoms with van der Waals surface area (Å²) in [5.41, 5.74) is 0.211. The van der Waals surface area contributed by atoms with Gasteiger partial charge in [-0.2, -0.15) is 0 Å². The highest BCUT2D eigenvalue weighted by Crippen LogP contribution is 2.32. The third-order valence-electron chi connectivity index (χ3n) is 5.35. The van der Waals surface area contributed by atoms with Crippen molar-refractivity contribution in [3.8, 4) is 0 Å². The summed E-state index contributed by atoms with van der Waals surface area (Å²) >= 11 is 1.26. The Morgan fingerprint density at radius 2 is 1.82 bits per heavy atom. The van der Waals surface area contributed by atoms with E-state index in [1.807, 2.05) is 20.8 Å². The number of carbonyl (C=O) groups excluding carboxylic acids is 1. The summed E-state index contributed by atoms with van der Waals surface area (Å²) in [6.07, 6.45) is 6.56. The molecule has 0 spiro atoms. The van der Waals surface area contributed by atoms with Gasteiger partial charge in [0.25, 0.3) is 0 Å². The molecule has 0 radical (unpaired) electrons. The molecule has 2 aliphatic rings. The molecular weight excluding hydrogens is 378 g/mol. The van der Waals surface area contributed by atoms with Gasteiger partial charge >= 0.3 is 12.1 Å². The number of aromatic carboxylic acids is 1. The molecule has 1 aliphatic carbocycles. The summed E-state index contributed by atoms with van der Waals surface area (Å²) in [6.45, 7) is 7.94. The van der Waals surface area contributed by atoms with Crippen LogP contribution < -0.4 is 4.90 Å². The lowest BCUT2D eigenvalue weighted by atomic mass is 10.0. The second kappa shape index (κ2) is 8.68. The lowest BCUT2D eigenvalue weighted by Crippen LogP contribution is -2.50. The van der Waals surface area contributed by atoms with Gasteiger partial charge in [-0.15, -0.1) is 0 Å². The van der Waals surface area contributed by atoms with E-state index in [0.717, 1.165) is 18.0 Å². The normalized spacial score (nSPS) is 18.5. The minimum absolute atomic E-state index is 0.297. The molecule has 1 aromatic rings. The predicted molar refractivity (Wildman–Crippen MR) is 109 cm³/mol. The Morgan fingerprint density at radius 1 is 1.18 bits per heavy atom. The standard InChI is InChI=1S/C20H31N3O4S/c1-20(2,3)27-19(26)23-12-10-22(11-13-23)18-21-15(16(28-18)17(24)25)9-8-14-6-4-5-7-14/h14H,4-13H2,1-3H3,(H,24,25). The van der Waals surface area contributed by atoms with Gasteiger partial charge in [0.2, 0.25) is 0 Å². The van der Waals surface area contributed by atoms with Crippen LogP contribution >= 0.6 is 11.3 Å². The zero-order chi connectivity index (χ0) is 20.3. The Labute approximate surface area is 170 Å². The smallest absolute Gasteiger partial charge is 0.410 e. The van der Waals surface area contributed by atoms with Gasteiger partial charge in [0.15, 0.2) is 5.13 Å². The number of thiazole rings is 1. The fourth-order valence-electron chi connectivity index (χ4n) is 3.86. The van der Waals surface area contributed by atoms with Crippen molar-refractivity contribution in [2.45, 2.75) is 64.9 Å². The molecule has 8 heteroatoms. The highest BCUT2D eigenvalue weighted by molar-refractivity contribution is 7.17. The number of nitrogens with zero attached hydrogens (tertiary/aromatic N) is 3. The van der Waals surface area contributed by atoms with Crippen molar-refractivity contribution in [3.63, 3.8) is 0 Å². The van der Waals surface area contributed by atoms with Crippen molar-refractivity contribution in [1.82, 2.24) is 9.88 Å². The van der Waals surface area contributed by atoms with Crippen LogP contribution in [-0.2, 0) is 11.2 Å². The topological polar surface area (TPSA) is 83.0 Å². The molecule has 7 nitrogen and oxygen atoms in total.